The fourth-order valence-electron chi connectivity index (χ4n) is 4.90. The Kier molecular flexibility index (Phi) is 7.06. The highest BCUT2D eigenvalue weighted by atomic mass is 16.2. The van der Waals surface area contributed by atoms with Gasteiger partial charge < -0.3 is 15.1 Å². The predicted molar refractivity (Wildman–Crippen MR) is 133 cm³/mol. The van der Waals surface area contributed by atoms with Gasteiger partial charge in [-0.25, -0.2) is 0 Å². The second-order valence-electron chi connectivity index (χ2n) is 9.29. The molecule has 5 rings (SSSR count). The lowest BCUT2D eigenvalue weighted by atomic mass is 10.0. The maximum absolute atomic E-state index is 13.5. The molecule has 0 radical (unpaired) electrons. The molecule has 2 aliphatic rings. The molecule has 2 aromatic heterocycles. The average Bonchev–Trinajstić information content (AvgIpc) is 3.30. The van der Waals surface area contributed by atoms with E-state index in [1.165, 1.54) is 0 Å². The summed E-state index contributed by atoms with van der Waals surface area (Å²) < 4.78 is 1.64. The van der Waals surface area contributed by atoms with E-state index in [0.717, 1.165) is 30.4 Å². The molecule has 3 amide bonds. The summed E-state index contributed by atoms with van der Waals surface area (Å²) in [5.74, 6) is -0.621. The summed E-state index contributed by atoms with van der Waals surface area (Å²) in [6.07, 6.45) is 6.45. The van der Waals surface area contributed by atoms with Gasteiger partial charge in [-0.05, 0) is 42.9 Å². The maximum atomic E-state index is 13.5. The lowest BCUT2D eigenvalue weighted by Crippen LogP contribution is -2.51. The SMILES string of the molecule is O=C(NCc1cccnc1)[C@H]1CCCCN1C(=O)c1cc2n(n1)CCCN(Cc1ccccc1)C2=O. The highest BCUT2D eigenvalue weighted by Crippen LogP contribution is 2.22. The first-order valence-corrected chi connectivity index (χ1v) is 12.5. The number of likely N-dealkylation sites (tertiary alicyclic amines) is 1. The van der Waals surface area contributed by atoms with Gasteiger partial charge >= 0.3 is 0 Å². The molecule has 36 heavy (non-hydrogen) atoms. The monoisotopic (exact) mass is 486 g/mol. The van der Waals surface area contributed by atoms with E-state index >= 15 is 0 Å². The van der Waals surface area contributed by atoms with E-state index in [9.17, 15) is 14.4 Å². The number of fused-ring (bicyclic) bond motifs is 1. The largest absolute Gasteiger partial charge is 0.350 e. The van der Waals surface area contributed by atoms with Gasteiger partial charge in [-0.15, -0.1) is 0 Å². The number of carbonyl (C=O) groups is 3. The molecule has 0 aliphatic carbocycles. The molecule has 186 valence electrons. The zero-order valence-corrected chi connectivity index (χ0v) is 20.2. The van der Waals surface area contributed by atoms with Crippen LogP contribution in [0.5, 0.6) is 0 Å². The highest BCUT2D eigenvalue weighted by Gasteiger charge is 2.35. The fourth-order valence-corrected chi connectivity index (χ4v) is 4.90. The molecular weight excluding hydrogens is 456 g/mol. The number of carbonyl (C=O) groups excluding carboxylic acids is 3. The molecule has 0 unspecified atom stereocenters. The van der Waals surface area contributed by atoms with Crippen molar-refractivity contribution < 1.29 is 14.4 Å². The van der Waals surface area contributed by atoms with Crippen LogP contribution in [0.25, 0.3) is 0 Å². The fraction of sp³-hybridized carbons (Fsp3) is 0.370. The van der Waals surface area contributed by atoms with Crippen LogP contribution in [0.15, 0.2) is 60.9 Å². The number of hydrogen-bond donors (Lipinski definition) is 1. The molecule has 0 saturated carbocycles. The molecule has 1 saturated heterocycles. The Morgan fingerprint density at radius 3 is 2.61 bits per heavy atom. The number of nitrogens with zero attached hydrogens (tertiary/aromatic N) is 5. The summed E-state index contributed by atoms with van der Waals surface area (Å²) in [6, 6.07) is 14.6. The number of pyridine rings is 1. The number of amides is 3. The third-order valence-electron chi connectivity index (χ3n) is 6.78. The maximum Gasteiger partial charge on any atom is 0.275 e. The van der Waals surface area contributed by atoms with Gasteiger partial charge in [0, 0.05) is 51.2 Å². The van der Waals surface area contributed by atoms with Crippen LogP contribution in [0.4, 0.5) is 0 Å². The van der Waals surface area contributed by atoms with Crippen molar-refractivity contribution in [3.63, 3.8) is 0 Å². The molecule has 9 nitrogen and oxygen atoms in total. The zero-order valence-electron chi connectivity index (χ0n) is 20.2. The van der Waals surface area contributed by atoms with Crippen LogP contribution >= 0.6 is 0 Å². The molecule has 1 aromatic carbocycles. The molecule has 1 fully saturated rings. The van der Waals surface area contributed by atoms with Gasteiger partial charge in [0.15, 0.2) is 5.69 Å². The molecular formula is C27H30N6O3. The van der Waals surface area contributed by atoms with Gasteiger partial charge in [0.1, 0.15) is 11.7 Å². The van der Waals surface area contributed by atoms with Crippen molar-refractivity contribution in [1.29, 1.82) is 0 Å². The summed E-state index contributed by atoms with van der Waals surface area (Å²) in [5.41, 5.74) is 2.59. The third-order valence-corrected chi connectivity index (χ3v) is 6.78. The molecule has 0 spiro atoms. The quantitative estimate of drug-likeness (QED) is 0.577. The predicted octanol–water partition coefficient (Wildman–Crippen LogP) is 2.64. The van der Waals surface area contributed by atoms with Gasteiger partial charge in [0.05, 0.1) is 0 Å². The number of hydrogen-bond acceptors (Lipinski definition) is 5. The van der Waals surface area contributed by atoms with Crippen molar-refractivity contribution in [1.82, 2.24) is 29.9 Å². The molecule has 3 aromatic rings. The average molecular weight is 487 g/mol. The topological polar surface area (TPSA) is 100 Å². The molecule has 9 heteroatoms. The second kappa shape index (κ2) is 10.7. The first-order chi connectivity index (χ1) is 17.6. The first-order valence-electron chi connectivity index (χ1n) is 12.5. The summed E-state index contributed by atoms with van der Waals surface area (Å²) in [7, 11) is 0. The Labute approximate surface area is 210 Å². The summed E-state index contributed by atoms with van der Waals surface area (Å²) >= 11 is 0. The zero-order chi connectivity index (χ0) is 24.9. The van der Waals surface area contributed by atoms with Gasteiger partial charge in [-0.2, -0.15) is 5.10 Å². The van der Waals surface area contributed by atoms with E-state index in [4.69, 9.17) is 0 Å². The number of nitrogens with one attached hydrogen (secondary N) is 1. The van der Waals surface area contributed by atoms with Gasteiger partial charge in [-0.1, -0.05) is 36.4 Å². The van der Waals surface area contributed by atoms with Crippen LogP contribution in [0.3, 0.4) is 0 Å². The highest BCUT2D eigenvalue weighted by molar-refractivity contribution is 5.99. The minimum Gasteiger partial charge on any atom is -0.350 e. The van der Waals surface area contributed by atoms with Gasteiger partial charge in [0.2, 0.25) is 5.91 Å². The van der Waals surface area contributed by atoms with Crippen molar-refractivity contribution in [2.45, 2.75) is 51.4 Å². The smallest absolute Gasteiger partial charge is 0.275 e. The van der Waals surface area contributed by atoms with Crippen LogP contribution in [0.1, 0.15) is 57.8 Å². The molecule has 0 bridgehead atoms. The minimum atomic E-state index is -0.560. The Hall–Kier alpha value is -4.01. The lowest BCUT2D eigenvalue weighted by Gasteiger charge is -2.34. The van der Waals surface area contributed by atoms with E-state index < -0.39 is 6.04 Å². The van der Waals surface area contributed by atoms with E-state index in [1.807, 2.05) is 42.5 Å². The van der Waals surface area contributed by atoms with E-state index in [-0.39, 0.29) is 23.4 Å². The molecule has 2 aliphatic heterocycles. The van der Waals surface area contributed by atoms with Crippen molar-refractivity contribution in [2.24, 2.45) is 0 Å². The van der Waals surface area contributed by atoms with Crippen molar-refractivity contribution in [3.8, 4) is 0 Å². The van der Waals surface area contributed by atoms with Crippen molar-refractivity contribution >= 4 is 17.7 Å². The van der Waals surface area contributed by atoms with E-state index in [1.54, 1.807) is 32.9 Å². The number of piperidine rings is 1. The number of aryl methyl sites for hydroxylation is 1. The summed E-state index contributed by atoms with van der Waals surface area (Å²) in [6.45, 7) is 2.55. The van der Waals surface area contributed by atoms with E-state index in [2.05, 4.69) is 15.4 Å². The van der Waals surface area contributed by atoms with Crippen molar-refractivity contribution in [2.75, 3.05) is 13.1 Å². The standard InChI is InChI=1S/C27H30N6O3/c34-25(29-18-21-10-6-12-28-17-21)23-11-4-5-14-32(23)26(35)22-16-24-27(36)31(13-7-15-33(24)30-22)19-20-8-2-1-3-9-20/h1-3,6,8-10,12,16-17,23H,4-5,7,11,13-15,18-19H2,(H,29,34)/t23-/m1/s1. The van der Waals surface area contributed by atoms with Crippen LogP contribution in [0.2, 0.25) is 0 Å². The van der Waals surface area contributed by atoms with E-state index in [0.29, 0.717) is 44.8 Å². The van der Waals surface area contributed by atoms with Crippen molar-refractivity contribution in [3.05, 3.63) is 83.4 Å². The van der Waals surface area contributed by atoms with Crippen LogP contribution < -0.4 is 5.32 Å². The lowest BCUT2D eigenvalue weighted by molar-refractivity contribution is -0.126. The third kappa shape index (κ3) is 5.15. The minimum absolute atomic E-state index is 0.132. The Bertz CT molecular complexity index is 1230. The first kappa shape index (κ1) is 23.7. The van der Waals surface area contributed by atoms with Crippen LogP contribution in [-0.2, 0) is 24.4 Å². The summed E-state index contributed by atoms with van der Waals surface area (Å²) in [4.78, 5) is 47.3. The van der Waals surface area contributed by atoms with Gasteiger partial charge in [0.25, 0.3) is 11.8 Å². The van der Waals surface area contributed by atoms with Gasteiger partial charge in [-0.3, -0.25) is 24.0 Å². The molecule has 1 N–H and O–H groups in total. The summed E-state index contributed by atoms with van der Waals surface area (Å²) in [5, 5.41) is 7.44. The second-order valence-corrected chi connectivity index (χ2v) is 9.29. The molecule has 4 heterocycles. The molecule has 1 atom stereocenters. The van der Waals surface area contributed by atoms with Crippen LogP contribution in [-0.4, -0.2) is 61.4 Å². The number of benzene rings is 1. The number of rotatable bonds is 6. The Balaban J connectivity index is 1.30. The number of aromatic nitrogens is 3. The normalized spacial score (nSPS) is 17.9. The Morgan fingerprint density at radius 1 is 0.972 bits per heavy atom. The van der Waals surface area contributed by atoms with Crippen LogP contribution in [0, 0.1) is 0 Å². The Morgan fingerprint density at radius 2 is 1.81 bits per heavy atom.